The average Bonchev–Trinajstić information content (AvgIpc) is 2.34. The molecular formula is C15H22O4. The number of carboxylic acids is 1. The lowest BCUT2D eigenvalue weighted by molar-refractivity contribution is -0.184. The van der Waals surface area contributed by atoms with Crippen molar-refractivity contribution in [1.82, 2.24) is 0 Å². The Labute approximate surface area is 113 Å². The van der Waals surface area contributed by atoms with Crippen LogP contribution < -0.4 is 0 Å². The molecule has 2 rings (SSSR count). The molecule has 1 fully saturated rings. The highest BCUT2D eigenvalue weighted by Gasteiger charge is 2.61. The third kappa shape index (κ3) is 1.84. The van der Waals surface area contributed by atoms with Crippen molar-refractivity contribution in [3.8, 4) is 0 Å². The van der Waals surface area contributed by atoms with E-state index in [9.17, 15) is 14.7 Å². The van der Waals surface area contributed by atoms with Gasteiger partial charge in [-0.05, 0) is 38.0 Å². The van der Waals surface area contributed by atoms with Gasteiger partial charge in [0.05, 0.1) is 0 Å². The van der Waals surface area contributed by atoms with Gasteiger partial charge in [-0.1, -0.05) is 19.9 Å². The Bertz CT molecular complexity index is 459. The van der Waals surface area contributed by atoms with Gasteiger partial charge in [-0.15, -0.1) is 0 Å². The molecule has 0 amide bonds. The average molecular weight is 266 g/mol. The minimum atomic E-state index is -1.37. The van der Waals surface area contributed by atoms with Gasteiger partial charge in [0, 0.05) is 17.4 Å². The van der Waals surface area contributed by atoms with Crippen molar-refractivity contribution in [2.24, 2.45) is 10.8 Å². The lowest BCUT2D eigenvalue weighted by Gasteiger charge is -2.58. The predicted molar refractivity (Wildman–Crippen MR) is 70.6 cm³/mol. The van der Waals surface area contributed by atoms with Gasteiger partial charge in [0.15, 0.2) is 5.78 Å². The van der Waals surface area contributed by atoms with Gasteiger partial charge in [0.1, 0.15) is 5.60 Å². The Morgan fingerprint density at radius 1 is 1.21 bits per heavy atom. The zero-order valence-corrected chi connectivity index (χ0v) is 11.8. The van der Waals surface area contributed by atoms with E-state index < -0.39 is 17.0 Å². The van der Waals surface area contributed by atoms with Crippen molar-refractivity contribution < 1.29 is 19.8 Å². The molecule has 0 aromatic heterocycles. The molecule has 2 aliphatic carbocycles. The molecule has 0 heterocycles. The van der Waals surface area contributed by atoms with Crippen LogP contribution in [0.15, 0.2) is 11.6 Å². The summed E-state index contributed by atoms with van der Waals surface area (Å²) in [7, 11) is 0. The molecule has 0 aromatic carbocycles. The number of aliphatic carboxylic acids is 1. The van der Waals surface area contributed by atoms with Crippen LogP contribution in [0.3, 0.4) is 0 Å². The van der Waals surface area contributed by atoms with E-state index in [1.54, 1.807) is 13.0 Å². The molecule has 4 heteroatoms. The Kier molecular flexibility index (Phi) is 3.13. The standard InChI is InChI=1S/C15H22O4/c1-13(2)7-6-11(16)14(3,19)15(13)8-4-10(5-9-15)12(17)18/h4,19H,5-9H2,1-3H3,(H,17,18)/t14-,15+/m0/s1. The fourth-order valence-corrected chi connectivity index (χ4v) is 3.94. The SMILES string of the molecule is CC1(C)CCC(=O)[C@](C)(O)[C@@]12CC=C(C(=O)O)CC2. The molecule has 4 nitrogen and oxygen atoms in total. The maximum atomic E-state index is 12.1. The van der Waals surface area contributed by atoms with Crippen LogP contribution in [0.2, 0.25) is 0 Å². The molecule has 0 radical (unpaired) electrons. The normalized spacial score (nSPS) is 38.1. The van der Waals surface area contributed by atoms with Crippen LogP contribution >= 0.6 is 0 Å². The summed E-state index contributed by atoms with van der Waals surface area (Å²) in [5, 5.41) is 19.8. The van der Waals surface area contributed by atoms with Gasteiger partial charge in [0.2, 0.25) is 0 Å². The number of ketones is 1. The van der Waals surface area contributed by atoms with Crippen LogP contribution in [0.25, 0.3) is 0 Å². The third-order valence-corrected chi connectivity index (χ3v) is 5.54. The first-order valence-electron chi connectivity index (χ1n) is 6.82. The van der Waals surface area contributed by atoms with E-state index in [1.807, 2.05) is 0 Å². The molecule has 0 saturated heterocycles. The second kappa shape index (κ2) is 4.17. The Balaban J connectivity index is 2.45. The highest BCUT2D eigenvalue weighted by Crippen LogP contribution is 2.60. The fourth-order valence-electron chi connectivity index (χ4n) is 3.94. The molecule has 2 N–H and O–H groups in total. The third-order valence-electron chi connectivity index (χ3n) is 5.54. The van der Waals surface area contributed by atoms with E-state index in [1.165, 1.54) is 0 Å². The molecule has 2 atom stereocenters. The van der Waals surface area contributed by atoms with E-state index in [4.69, 9.17) is 5.11 Å². The number of aliphatic hydroxyl groups is 1. The number of hydrogen-bond acceptors (Lipinski definition) is 3. The van der Waals surface area contributed by atoms with E-state index in [-0.39, 0.29) is 11.2 Å². The Morgan fingerprint density at radius 3 is 2.32 bits per heavy atom. The first-order chi connectivity index (χ1) is 8.64. The molecule has 106 valence electrons. The number of carbonyl (C=O) groups is 2. The smallest absolute Gasteiger partial charge is 0.331 e. The summed E-state index contributed by atoms with van der Waals surface area (Å²) in [6.45, 7) is 5.76. The van der Waals surface area contributed by atoms with E-state index >= 15 is 0 Å². The minimum Gasteiger partial charge on any atom is -0.478 e. The van der Waals surface area contributed by atoms with Gasteiger partial charge < -0.3 is 10.2 Å². The summed E-state index contributed by atoms with van der Waals surface area (Å²) in [4.78, 5) is 23.1. The first kappa shape index (κ1) is 14.3. The number of allylic oxidation sites excluding steroid dienone is 1. The molecule has 0 bridgehead atoms. The van der Waals surface area contributed by atoms with Gasteiger partial charge >= 0.3 is 5.97 Å². The van der Waals surface area contributed by atoms with Crippen molar-refractivity contribution >= 4 is 11.8 Å². The van der Waals surface area contributed by atoms with Crippen LogP contribution in [-0.2, 0) is 9.59 Å². The first-order valence-corrected chi connectivity index (χ1v) is 6.82. The number of hydrogen-bond donors (Lipinski definition) is 2. The van der Waals surface area contributed by atoms with Crippen molar-refractivity contribution in [3.63, 3.8) is 0 Å². The van der Waals surface area contributed by atoms with Crippen LogP contribution in [0.4, 0.5) is 0 Å². The van der Waals surface area contributed by atoms with Crippen molar-refractivity contribution in [2.75, 3.05) is 0 Å². The number of carboxylic acid groups (broad SMARTS) is 1. The van der Waals surface area contributed by atoms with E-state index in [0.29, 0.717) is 31.3 Å². The summed E-state index contributed by atoms with van der Waals surface area (Å²) < 4.78 is 0. The lowest BCUT2D eigenvalue weighted by atomic mass is 9.47. The highest BCUT2D eigenvalue weighted by atomic mass is 16.4. The molecule has 2 aliphatic rings. The summed E-state index contributed by atoms with van der Waals surface area (Å²) in [6.07, 6.45) is 4.27. The van der Waals surface area contributed by atoms with E-state index in [0.717, 1.165) is 6.42 Å². The van der Waals surface area contributed by atoms with Crippen molar-refractivity contribution in [3.05, 3.63) is 11.6 Å². The van der Waals surface area contributed by atoms with Gasteiger partial charge in [-0.3, -0.25) is 4.79 Å². The quantitative estimate of drug-likeness (QED) is 0.763. The molecule has 1 spiro atoms. The summed E-state index contributed by atoms with van der Waals surface area (Å²) >= 11 is 0. The monoisotopic (exact) mass is 266 g/mol. The molecule has 1 saturated carbocycles. The lowest BCUT2D eigenvalue weighted by Crippen LogP contribution is -2.62. The largest absolute Gasteiger partial charge is 0.478 e. The zero-order chi connectivity index (χ0) is 14.5. The molecule has 19 heavy (non-hydrogen) atoms. The van der Waals surface area contributed by atoms with Gasteiger partial charge in [0.25, 0.3) is 0 Å². The number of rotatable bonds is 1. The number of Topliss-reactive ketones (excluding diaryl/α,β-unsaturated/α-hetero) is 1. The van der Waals surface area contributed by atoms with Crippen LogP contribution in [0.5, 0.6) is 0 Å². The zero-order valence-electron chi connectivity index (χ0n) is 11.8. The van der Waals surface area contributed by atoms with Crippen LogP contribution in [-0.4, -0.2) is 27.6 Å². The molecule has 0 unspecified atom stereocenters. The fraction of sp³-hybridized carbons (Fsp3) is 0.733. The molecule has 0 aromatic rings. The topological polar surface area (TPSA) is 74.6 Å². The predicted octanol–water partition coefficient (Wildman–Crippen LogP) is 2.31. The van der Waals surface area contributed by atoms with Crippen LogP contribution in [0.1, 0.15) is 52.9 Å². The molecule has 0 aliphatic heterocycles. The van der Waals surface area contributed by atoms with Gasteiger partial charge in [-0.25, -0.2) is 4.79 Å². The highest BCUT2D eigenvalue weighted by molar-refractivity contribution is 5.90. The molecular weight excluding hydrogens is 244 g/mol. The second-order valence-corrected chi connectivity index (χ2v) is 6.70. The van der Waals surface area contributed by atoms with Crippen molar-refractivity contribution in [1.29, 1.82) is 0 Å². The maximum Gasteiger partial charge on any atom is 0.331 e. The van der Waals surface area contributed by atoms with E-state index in [2.05, 4.69) is 13.8 Å². The Hall–Kier alpha value is -1.16. The second-order valence-electron chi connectivity index (χ2n) is 6.70. The van der Waals surface area contributed by atoms with Crippen molar-refractivity contribution in [2.45, 2.75) is 58.5 Å². The van der Waals surface area contributed by atoms with Crippen LogP contribution in [0, 0.1) is 10.8 Å². The summed E-state index contributed by atoms with van der Waals surface area (Å²) in [6, 6.07) is 0. The Morgan fingerprint density at radius 2 is 1.84 bits per heavy atom. The number of carbonyl (C=O) groups excluding carboxylic acids is 1. The maximum absolute atomic E-state index is 12.1. The van der Waals surface area contributed by atoms with Gasteiger partial charge in [-0.2, -0.15) is 0 Å². The summed E-state index contributed by atoms with van der Waals surface area (Å²) in [5.74, 6) is -1.01. The summed E-state index contributed by atoms with van der Waals surface area (Å²) in [5.41, 5.74) is -1.69. The minimum absolute atomic E-state index is 0.112.